The van der Waals surface area contributed by atoms with Gasteiger partial charge in [-0.2, -0.15) is 0 Å². The van der Waals surface area contributed by atoms with Crippen LogP contribution >= 0.6 is 0 Å². The molecule has 1 fully saturated rings. The minimum atomic E-state index is -1.61. The van der Waals surface area contributed by atoms with Gasteiger partial charge in [0.15, 0.2) is 17.5 Å². The highest BCUT2D eigenvalue weighted by Crippen LogP contribution is 2.25. The van der Waals surface area contributed by atoms with E-state index in [0.717, 1.165) is 31.4 Å². The smallest absolute Gasteiger partial charge is 0.254 e. The zero-order valence-electron chi connectivity index (χ0n) is 9.97. The third-order valence-corrected chi connectivity index (χ3v) is 3.31. The van der Waals surface area contributed by atoms with Crippen molar-refractivity contribution in [2.45, 2.75) is 32.2 Å². The van der Waals surface area contributed by atoms with Gasteiger partial charge < -0.3 is 5.32 Å². The summed E-state index contributed by atoms with van der Waals surface area (Å²) in [6.45, 7) is 2.07. The number of benzene rings is 1. The van der Waals surface area contributed by atoms with Crippen molar-refractivity contribution in [1.29, 1.82) is 0 Å². The lowest BCUT2D eigenvalue weighted by molar-refractivity contribution is 0.0932. The van der Waals surface area contributed by atoms with Crippen LogP contribution in [0.15, 0.2) is 12.1 Å². The van der Waals surface area contributed by atoms with Crippen molar-refractivity contribution in [3.63, 3.8) is 0 Å². The second-order valence-electron chi connectivity index (χ2n) is 4.81. The van der Waals surface area contributed by atoms with Crippen LogP contribution in [0.3, 0.4) is 0 Å². The molecule has 98 valence electrons. The molecule has 0 aromatic heterocycles. The molecule has 0 bridgehead atoms. The summed E-state index contributed by atoms with van der Waals surface area (Å²) in [5.41, 5.74) is -0.451. The van der Waals surface area contributed by atoms with Gasteiger partial charge in [-0.25, -0.2) is 13.2 Å². The Morgan fingerprint density at radius 2 is 1.94 bits per heavy atom. The van der Waals surface area contributed by atoms with Crippen LogP contribution in [-0.4, -0.2) is 11.9 Å². The zero-order valence-corrected chi connectivity index (χ0v) is 9.97. The van der Waals surface area contributed by atoms with Gasteiger partial charge in [0.25, 0.3) is 5.91 Å². The van der Waals surface area contributed by atoms with Crippen LogP contribution in [0.5, 0.6) is 0 Å². The van der Waals surface area contributed by atoms with Gasteiger partial charge in [0.05, 0.1) is 5.56 Å². The molecule has 0 heterocycles. The quantitative estimate of drug-likeness (QED) is 0.811. The minimum absolute atomic E-state index is 0.0139. The van der Waals surface area contributed by atoms with Crippen molar-refractivity contribution in [3.05, 3.63) is 35.1 Å². The third kappa shape index (κ3) is 2.49. The van der Waals surface area contributed by atoms with Crippen LogP contribution in [0.1, 0.15) is 36.5 Å². The highest BCUT2D eigenvalue weighted by molar-refractivity contribution is 5.94. The summed E-state index contributed by atoms with van der Waals surface area (Å²) in [5, 5.41) is 2.65. The largest absolute Gasteiger partial charge is 0.349 e. The van der Waals surface area contributed by atoms with Crippen LogP contribution in [0, 0.1) is 23.4 Å². The van der Waals surface area contributed by atoms with Gasteiger partial charge in [-0.05, 0) is 37.3 Å². The molecule has 0 aliphatic heterocycles. The third-order valence-electron chi connectivity index (χ3n) is 3.31. The van der Waals surface area contributed by atoms with E-state index in [4.69, 9.17) is 0 Å². The van der Waals surface area contributed by atoms with Gasteiger partial charge >= 0.3 is 0 Å². The van der Waals surface area contributed by atoms with E-state index in [0.29, 0.717) is 5.92 Å². The van der Waals surface area contributed by atoms with Crippen molar-refractivity contribution in [2.75, 3.05) is 0 Å². The van der Waals surface area contributed by atoms with E-state index < -0.39 is 28.9 Å². The van der Waals surface area contributed by atoms with Crippen molar-refractivity contribution >= 4 is 5.91 Å². The van der Waals surface area contributed by atoms with Crippen molar-refractivity contribution < 1.29 is 18.0 Å². The molecule has 2 nitrogen and oxygen atoms in total. The van der Waals surface area contributed by atoms with Crippen LogP contribution in [0.2, 0.25) is 0 Å². The van der Waals surface area contributed by atoms with E-state index in [-0.39, 0.29) is 6.04 Å². The summed E-state index contributed by atoms with van der Waals surface area (Å²) >= 11 is 0. The highest BCUT2D eigenvalue weighted by Gasteiger charge is 2.25. The molecule has 1 aliphatic carbocycles. The summed E-state index contributed by atoms with van der Waals surface area (Å²) in [4.78, 5) is 11.8. The Bertz CT molecular complexity index is 476. The number of carbonyl (C=O) groups excluding carboxylic acids is 1. The normalized spacial score (nSPS) is 23.1. The second-order valence-corrected chi connectivity index (χ2v) is 4.81. The predicted octanol–water partition coefficient (Wildman–Crippen LogP) is 3.02. The van der Waals surface area contributed by atoms with E-state index >= 15 is 0 Å². The van der Waals surface area contributed by atoms with Crippen molar-refractivity contribution in [1.82, 2.24) is 5.32 Å². The summed E-state index contributed by atoms with van der Waals surface area (Å²) in [6, 6.07) is 1.70. The van der Waals surface area contributed by atoms with Gasteiger partial charge in [-0.1, -0.05) is 6.92 Å². The zero-order chi connectivity index (χ0) is 13.3. The molecule has 0 radical (unpaired) electrons. The Kier molecular flexibility index (Phi) is 3.59. The molecule has 0 spiro atoms. The standard InChI is InChI=1S/C13H14F3NO/c1-7-2-3-8(6-7)17-13(18)9-4-5-10(14)12(16)11(9)15/h4-5,7-8H,2-3,6H2,1H3,(H,17,18). The van der Waals surface area contributed by atoms with Gasteiger partial charge in [0.2, 0.25) is 0 Å². The fraction of sp³-hybridized carbons (Fsp3) is 0.462. The van der Waals surface area contributed by atoms with E-state index in [1.54, 1.807) is 0 Å². The first kappa shape index (κ1) is 12.9. The summed E-state index contributed by atoms with van der Waals surface area (Å²) in [5.74, 6) is -4.50. The van der Waals surface area contributed by atoms with E-state index in [9.17, 15) is 18.0 Å². The minimum Gasteiger partial charge on any atom is -0.349 e. The molecule has 1 aromatic carbocycles. The number of rotatable bonds is 2. The maximum absolute atomic E-state index is 13.4. The van der Waals surface area contributed by atoms with Crippen LogP contribution < -0.4 is 5.32 Å². The number of halogens is 3. The molecule has 2 rings (SSSR count). The van der Waals surface area contributed by atoms with E-state index in [2.05, 4.69) is 12.2 Å². The van der Waals surface area contributed by atoms with Crippen molar-refractivity contribution in [2.24, 2.45) is 5.92 Å². The Labute approximate surface area is 103 Å². The lowest BCUT2D eigenvalue weighted by Crippen LogP contribution is -2.33. The van der Waals surface area contributed by atoms with Gasteiger partial charge in [0, 0.05) is 6.04 Å². The first-order valence-corrected chi connectivity index (χ1v) is 5.93. The number of hydrogen-bond donors (Lipinski definition) is 1. The van der Waals surface area contributed by atoms with E-state index in [1.165, 1.54) is 0 Å². The molecule has 2 atom stereocenters. The average Bonchev–Trinajstić information content (AvgIpc) is 2.71. The fourth-order valence-electron chi connectivity index (χ4n) is 2.30. The molecular weight excluding hydrogens is 243 g/mol. The van der Waals surface area contributed by atoms with Crippen LogP contribution in [0.25, 0.3) is 0 Å². The molecule has 2 unspecified atom stereocenters. The van der Waals surface area contributed by atoms with Gasteiger partial charge in [-0.15, -0.1) is 0 Å². The molecule has 1 aliphatic rings. The van der Waals surface area contributed by atoms with Crippen LogP contribution in [0.4, 0.5) is 13.2 Å². The summed E-state index contributed by atoms with van der Waals surface area (Å²) < 4.78 is 39.1. The first-order chi connectivity index (χ1) is 8.49. The Hall–Kier alpha value is -1.52. The maximum Gasteiger partial charge on any atom is 0.254 e. The van der Waals surface area contributed by atoms with Gasteiger partial charge in [-0.3, -0.25) is 4.79 Å². The Balaban J connectivity index is 2.12. The molecule has 1 amide bonds. The highest BCUT2D eigenvalue weighted by atomic mass is 19.2. The number of amides is 1. The lowest BCUT2D eigenvalue weighted by Gasteiger charge is -2.13. The Morgan fingerprint density at radius 3 is 2.56 bits per heavy atom. The number of nitrogens with one attached hydrogen (secondary N) is 1. The first-order valence-electron chi connectivity index (χ1n) is 5.93. The average molecular weight is 257 g/mol. The SMILES string of the molecule is CC1CCC(NC(=O)c2ccc(F)c(F)c2F)C1. The molecule has 18 heavy (non-hydrogen) atoms. The van der Waals surface area contributed by atoms with Crippen molar-refractivity contribution in [3.8, 4) is 0 Å². The second kappa shape index (κ2) is 5.00. The van der Waals surface area contributed by atoms with Crippen LogP contribution in [-0.2, 0) is 0 Å². The molecule has 5 heteroatoms. The molecule has 1 aromatic rings. The molecular formula is C13H14F3NO. The van der Waals surface area contributed by atoms with E-state index in [1.807, 2.05) is 0 Å². The molecule has 0 saturated heterocycles. The maximum atomic E-state index is 13.4. The molecule has 1 N–H and O–H groups in total. The molecule has 1 saturated carbocycles. The fourth-order valence-corrected chi connectivity index (χ4v) is 2.30. The lowest BCUT2D eigenvalue weighted by atomic mass is 10.1. The number of hydrogen-bond acceptors (Lipinski definition) is 1. The summed E-state index contributed by atoms with van der Waals surface area (Å²) in [7, 11) is 0. The number of carbonyl (C=O) groups is 1. The Morgan fingerprint density at radius 1 is 1.22 bits per heavy atom. The predicted molar refractivity (Wildman–Crippen MR) is 60.6 cm³/mol. The topological polar surface area (TPSA) is 29.1 Å². The monoisotopic (exact) mass is 257 g/mol. The summed E-state index contributed by atoms with van der Waals surface area (Å²) in [6.07, 6.45) is 2.67. The van der Waals surface area contributed by atoms with Gasteiger partial charge in [0.1, 0.15) is 0 Å².